The number of benzene rings is 1. The molecule has 5 aromatic rings. The lowest BCUT2D eigenvalue weighted by Crippen LogP contribution is -2.47. The van der Waals surface area contributed by atoms with Crippen LogP contribution in [0.2, 0.25) is 5.15 Å². The zero-order chi connectivity index (χ0) is 30.4. The molecule has 0 radical (unpaired) electrons. The summed E-state index contributed by atoms with van der Waals surface area (Å²) in [7, 11) is 1.65. The normalized spacial score (nSPS) is 14.2. The van der Waals surface area contributed by atoms with Crippen LogP contribution < -0.4 is 16.5 Å². The van der Waals surface area contributed by atoms with Crippen molar-refractivity contribution >= 4 is 28.3 Å². The van der Waals surface area contributed by atoms with Crippen LogP contribution in [0.5, 0.6) is 0 Å². The van der Waals surface area contributed by atoms with E-state index in [1.165, 1.54) is 0 Å². The van der Waals surface area contributed by atoms with Crippen LogP contribution in [0.3, 0.4) is 0 Å². The van der Waals surface area contributed by atoms with Gasteiger partial charge in [-0.1, -0.05) is 29.4 Å². The van der Waals surface area contributed by atoms with Gasteiger partial charge in [0.15, 0.2) is 5.43 Å². The standard InChI is InChI=1S/C30H30ClN7O5/c1-15-8-21(18(4)33-23-6-7-24(31)34-25(23)29-35-30(40)43-36-29)28-22(9-15)26(39)17(3)27(42-28)19-10-32-38(11-19)20-12-37(13-20)16(2)14-41-5/h6-11,18,20,33H,2,12-14H2,1,3-5H3,(H,35,36,40)/t18-/m1/s1. The summed E-state index contributed by atoms with van der Waals surface area (Å²) in [5, 5.41) is 12.5. The molecule has 1 saturated heterocycles. The van der Waals surface area contributed by atoms with E-state index in [0.717, 1.165) is 35.5 Å². The second-order valence-electron chi connectivity index (χ2n) is 10.7. The maximum Gasteiger partial charge on any atom is 0.439 e. The molecule has 43 heavy (non-hydrogen) atoms. The highest BCUT2D eigenvalue weighted by atomic mass is 35.5. The molecular formula is C30H30ClN7O5. The van der Waals surface area contributed by atoms with E-state index < -0.39 is 5.76 Å². The largest absolute Gasteiger partial charge is 0.455 e. The fourth-order valence-corrected chi connectivity index (χ4v) is 5.48. The molecule has 0 bridgehead atoms. The molecule has 6 rings (SSSR count). The Bertz CT molecular complexity index is 1970. The molecule has 4 aromatic heterocycles. The number of methoxy groups -OCH3 is 1. The van der Waals surface area contributed by atoms with E-state index in [2.05, 4.69) is 41.5 Å². The molecule has 222 valence electrons. The van der Waals surface area contributed by atoms with Crippen LogP contribution in [-0.2, 0) is 4.74 Å². The number of aromatic nitrogens is 5. The van der Waals surface area contributed by atoms with E-state index in [9.17, 15) is 9.59 Å². The summed E-state index contributed by atoms with van der Waals surface area (Å²) >= 11 is 6.14. The number of H-pyrrole nitrogens is 1. The van der Waals surface area contributed by atoms with Gasteiger partial charge in [0.2, 0.25) is 5.82 Å². The maximum absolute atomic E-state index is 13.7. The number of nitrogens with zero attached hydrogens (tertiary/aromatic N) is 5. The molecule has 2 N–H and O–H groups in total. The molecule has 0 amide bonds. The average Bonchev–Trinajstić information content (AvgIpc) is 3.60. The van der Waals surface area contributed by atoms with Crippen LogP contribution in [0.25, 0.3) is 33.8 Å². The van der Waals surface area contributed by atoms with Crippen molar-refractivity contribution in [2.75, 3.05) is 32.1 Å². The van der Waals surface area contributed by atoms with E-state index >= 15 is 0 Å². The highest BCUT2D eigenvalue weighted by molar-refractivity contribution is 6.29. The number of anilines is 1. The minimum atomic E-state index is -0.709. The first-order valence-corrected chi connectivity index (χ1v) is 14.0. The lowest BCUT2D eigenvalue weighted by Gasteiger charge is -2.41. The van der Waals surface area contributed by atoms with Crippen LogP contribution in [0.15, 0.2) is 67.5 Å². The number of rotatable bonds is 9. The quantitative estimate of drug-likeness (QED) is 0.224. The van der Waals surface area contributed by atoms with E-state index in [0.29, 0.717) is 40.3 Å². The Morgan fingerprint density at radius 3 is 2.79 bits per heavy atom. The molecule has 12 nitrogen and oxygen atoms in total. The molecular weight excluding hydrogens is 574 g/mol. The molecule has 1 aliphatic rings. The van der Waals surface area contributed by atoms with E-state index in [1.807, 2.05) is 36.9 Å². The van der Waals surface area contributed by atoms with Crippen molar-refractivity contribution in [1.82, 2.24) is 29.8 Å². The molecule has 13 heteroatoms. The fraction of sp³-hybridized carbons (Fsp3) is 0.300. The summed E-state index contributed by atoms with van der Waals surface area (Å²) in [5.41, 5.74) is 5.05. The van der Waals surface area contributed by atoms with Gasteiger partial charge in [0.25, 0.3) is 0 Å². The summed E-state index contributed by atoms with van der Waals surface area (Å²) < 4.78 is 18.3. The van der Waals surface area contributed by atoms with Gasteiger partial charge in [-0.2, -0.15) is 5.10 Å². The summed E-state index contributed by atoms with van der Waals surface area (Å²) in [6.45, 7) is 11.7. The van der Waals surface area contributed by atoms with Crippen LogP contribution in [0.1, 0.15) is 35.7 Å². The Morgan fingerprint density at radius 2 is 2.07 bits per heavy atom. The molecule has 0 spiro atoms. The number of aromatic amines is 1. The van der Waals surface area contributed by atoms with Gasteiger partial charge in [0.05, 0.1) is 41.5 Å². The second-order valence-corrected chi connectivity index (χ2v) is 11.1. The molecule has 1 fully saturated rings. The van der Waals surface area contributed by atoms with Crippen LogP contribution in [0.4, 0.5) is 5.69 Å². The van der Waals surface area contributed by atoms with Gasteiger partial charge in [-0.25, -0.2) is 9.78 Å². The summed E-state index contributed by atoms with van der Waals surface area (Å²) in [6.07, 6.45) is 3.64. The number of ether oxygens (including phenoxy) is 1. The number of halogens is 1. The Hall–Kier alpha value is -4.68. The summed E-state index contributed by atoms with van der Waals surface area (Å²) in [6, 6.07) is 6.99. The van der Waals surface area contributed by atoms with Gasteiger partial charge in [0.1, 0.15) is 22.2 Å². The van der Waals surface area contributed by atoms with Crippen molar-refractivity contribution < 1.29 is 13.7 Å². The number of likely N-dealkylation sites (tertiary alicyclic amines) is 1. The van der Waals surface area contributed by atoms with Crippen LogP contribution >= 0.6 is 11.6 Å². The van der Waals surface area contributed by atoms with Crippen molar-refractivity contribution in [3.63, 3.8) is 0 Å². The molecule has 5 heterocycles. The fourth-order valence-electron chi connectivity index (χ4n) is 5.33. The van der Waals surface area contributed by atoms with Gasteiger partial charge in [-0.05, 0) is 44.5 Å². The number of hydrogen-bond acceptors (Lipinski definition) is 10. The van der Waals surface area contributed by atoms with Crippen molar-refractivity contribution in [3.8, 4) is 22.8 Å². The predicted molar refractivity (Wildman–Crippen MR) is 162 cm³/mol. The SMILES string of the molecule is C=C(COC)N1CC(n2cc(-c3oc4c([C@@H](C)Nc5ccc(Cl)nc5-c5noc(=O)[nH]5)cc(C)cc4c(=O)c3C)cn2)C1. The number of nitrogens with one attached hydrogen (secondary N) is 2. The molecule has 1 aromatic carbocycles. The van der Waals surface area contributed by atoms with E-state index in [1.54, 1.807) is 32.4 Å². The third-order valence-corrected chi connectivity index (χ3v) is 7.83. The first kappa shape index (κ1) is 28.4. The number of aryl methyl sites for hydroxylation is 1. The minimum Gasteiger partial charge on any atom is -0.455 e. The third kappa shape index (κ3) is 5.35. The van der Waals surface area contributed by atoms with Gasteiger partial charge >= 0.3 is 5.76 Å². The molecule has 1 atom stereocenters. The topological polar surface area (TPSA) is 144 Å². The van der Waals surface area contributed by atoms with Gasteiger partial charge in [-0.3, -0.25) is 19.0 Å². The Morgan fingerprint density at radius 1 is 1.28 bits per heavy atom. The average molecular weight is 604 g/mol. The number of hydrogen-bond donors (Lipinski definition) is 2. The Balaban J connectivity index is 1.35. The van der Waals surface area contributed by atoms with E-state index in [-0.39, 0.29) is 28.5 Å². The van der Waals surface area contributed by atoms with Crippen molar-refractivity contribution in [3.05, 3.63) is 91.6 Å². The molecule has 0 aliphatic carbocycles. The zero-order valence-corrected chi connectivity index (χ0v) is 24.9. The van der Waals surface area contributed by atoms with Crippen molar-refractivity contribution in [2.24, 2.45) is 0 Å². The lowest BCUT2D eigenvalue weighted by atomic mass is 9.99. The van der Waals surface area contributed by atoms with Crippen molar-refractivity contribution in [1.29, 1.82) is 0 Å². The molecule has 0 saturated carbocycles. The highest BCUT2D eigenvalue weighted by Gasteiger charge is 2.30. The molecule has 1 aliphatic heterocycles. The summed E-state index contributed by atoms with van der Waals surface area (Å²) in [5.74, 6) is -0.106. The second kappa shape index (κ2) is 11.2. The molecule has 0 unspecified atom stereocenters. The predicted octanol–water partition coefficient (Wildman–Crippen LogP) is 4.85. The van der Waals surface area contributed by atoms with Crippen LogP contribution in [-0.4, -0.2) is 56.6 Å². The first-order valence-electron chi connectivity index (χ1n) is 13.7. The maximum atomic E-state index is 13.7. The van der Waals surface area contributed by atoms with Crippen molar-refractivity contribution in [2.45, 2.75) is 32.9 Å². The minimum absolute atomic E-state index is 0.110. The first-order chi connectivity index (χ1) is 20.6. The smallest absolute Gasteiger partial charge is 0.439 e. The lowest BCUT2D eigenvalue weighted by molar-refractivity contribution is 0.106. The van der Waals surface area contributed by atoms with Crippen LogP contribution in [0, 0.1) is 13.8 Å². The number of fused-ring (bicyclic) bond motifs is 1. The zero-order valence-electron chi connectivity index (χ0n) is 24.1. The number of pyridine rings is 1. The summed E-state index contributed by atoms with van der Waals surface area (Å²) in [4.78, 5) is 34.2. The highest BCUT2D eigenvalue weighted by Crippen LogP contribution is 2.34. The Labute approximate surface area is 250 Å². The van der Waals surface area contributed by atoms with Gasteiger partial charge in [-0.15, -0.1) is 0 Å². The van der Waals surface area contributed by atoms with E-state index in [4.69, 9.17) is 20.8 Å². The van der Waals surface area contributed by atoms with Gasteiger partial charge in [0, 0.05) is 43.2 Å². The Kier molecular flexibility index (Phi) is 7.40. The third-order valence-electron chi connectivity index (χ3n) is 7.61. The van der Waals surface area contributed by atoms with Gasteiger partial charge < -0.3 is 19.4 Å². The monoisotopic (exact) mass is 603 g/mol.